The van der Waals surface area contributed by atoms with Crippen molar-refractivity contribution in [2.24, 2.45) is 0 Å². The smallest absolute Gasteiger partial charge is 0.301 e. The van der Waals surface area contributed by atoms with Crippen LogP contribution < -0.4 is 4.72 Å². The summed E-state index contributed by atoms with van der Waals surface area (Å²) in [6, 6.07) is 7.53. The van der Waals surface area contributed by atoms with E-state index in [9.17, 15) is 8.42 Å². The molecule has 1 saturated heterocycles. The maximum absolute atomic E-state index is 12.5. The Bertz CT molecular complexity index is 717. The third-order valence-electron chi connectivity index (χ3n) is 5.76. The van der Waals surface area contributed by atoms with E-state index >= 15 is 0 Å². The quantitative estimate of drug-likeness (QED) is 0.493. The highest BCUT2D eigenvalue weighted by Gasteiger charge is 2.28. The van der Waals surface area contributed by atoms with E-state index in [0.717, 1.165) is 31.9 Å². The second kappa shape index (κ2) is 11.0. The first-order valence-electron chi connectivity index (χ1n) is 10.8. The molecule has 8 heteroatoms. The summed E-state index contributed by atoms with van der Waals surface area (Å²) in [5.41, 5.74) is 0.524. The maximum Gasteiger partial charge on any atom is 0.301 e. The Morgan fingerprint density at radius 2 is 1.72 bits per heavy atom. The van der Waals surface area contributed by atoms with E-state index in [0.29, 0.717) is 23.8 Å². The number of rotatable bonds is 12. The number of hydrogen-bond donors (Lipinski definition) is 1. The number of halogens is 1. The Labute approximate surface area is 180 Å². The van der Waals surface area contributed by atoms with Gasteiger partial charge < -0.3 is 9.64 Å². The van der Waals surface area contributed by atoms with E-state index in [2.05, 4.69) is 16.7 Å². The van der Waals surface area contributed by atoms with Crippen molar-refractivity contribution >= 4 is 27.5 Å². The molecule has 6 nitrogen and oxygen atoms in total. The van der Waals surface area contributed by atoms with Gasteiger partial charge in [-0.1, -0.05) is 24.4 Å². The summed E-state index contributed by atoms with van der Waals surface area (Å²) in [5.74, 6) is 0. The molecule has 1 N–H and O–H groups in total. The molecule has 0 radical (unpaired) electrons. The normalized spacial score (nSPS) is 19.0. The zero-order valence-corrected chi connectivity index (χ0v) is 18.9. The van der Waals surface area contributed by atoms with Gasteiger partial charge in [-0.2, -0.15) is 12.7 Å². The van der Waals surface area contributed by atoms with Gasteiger partial charge in [0.25, 0.3) is 0 Å². The predicted molar refractivity (Wildman–Crippen MR) is 119 cm³/mol. The summed E-state index contributed by atoms with van der Waals surface area (Å²) in [4.78, 5) is 2.49. The maximum atomic E-state index is 12.5. The first kappa shape index (κ1) is 22.8. The first-order chi connectivity index (χ1) is 13.9. The highest BCUT2D eigenvalue weighted by atomic mass is 35.5. The van der Waals surface area contributed by atoms with Crippen LogP contribution in [-0.4, -0.2) is 63.1 Å². The van der Waals surface area contributed by atoms with Crippen LogP contribution in [0.2, 0.25) is 5.02 Å². The number of piperidine rings is 1. The molecular formula is C21H34ClN3O3S. The van der Waals surface area contributed by atoms with Crippen LogP contribution in [0.3, 0.4) is 0 Å². The Balaban J connectivity index is 1.26. The Morgan fingerprint density at radius 3 is 2.38 bits per heavy atom. The average molecular weight is 444 g/mol. The predicted octanol–water partition coefficient (Wildman–Crippen LogP) is 4.13. The molecule has 0 atom stereocenters. The monoisotopic (exact) mass is 443 g/mol. The van der Waals surface area contributed by atoms with Crippen molar-refractivity contribution in [2.45, 2.75) is 63.5 Å². The topological polar surface area (TPSA) is 61.9 Å². The number of nitrogens with one attached hydrogen (secondary N) is 1. The zero-order chi connectivity index (χ0) is 20.7. The van der Waals surface area contributed by atoms with Gasteiger partial charge in [-0.05, 0) is 76.4 Å². The summed E-state index contributed by atoms with van der Waals surface area (Å²) < 4.78 is 35.2. The van der Waals surface area contributed by atoms with Gasteiger partial charge in [0.15, 0.2) is 0 Å². The van der Waals surface area contributed by atoms with E-state index in [1.807, 2.05) is 0 Å². The number of unbranched alkanes of at least 4 members (excludes halogenated alkanes) is 3. The fraction of sp³-hybridized carbons (Fsp3) is 0.714. The van der Waals surface area contributed by atoms with Gasteiger partial charge in [0.2, 0.25) is 0 Å². The van der Waals surface area contributed by atoms with E-state index in [1.165, 1.54) is 43.0 Å². The van der Waals surface area contributed by atoms with Crippen molar-refractivity contribution in [2.75, 3.05) is 38.0 Å². The lowest BCUT2D eigenvalue weighted by molar-refractivity contribution is 0.0193. The van der Waals surface area contributed by atoms with Crippen molar-refractivity contribution in [3.05, 3.63) is 29.3 Å². The minimum atomic E-state index is -3.54. The van der Waals surface area contributed by atoms with Gasteiger partial charge in [0, 0.05) is 36.4 Å². The molecule has 1 heterocycles. The van der Waals surface area contributed by atoms with E-state index in [-0.39, 0.29) is 6.10 Å². The number of hydrogen-bond acceptors (Lipinski definition) is 4. The summed E-state index contributed by atoms with van der Waals surface area (Å²) in [6.45, 7) is 2.96. The van der Waals surface area contributed by atoms with Crippen LogP contribution in [0, 0.1) is 0 Å². The highest BCUT2D eigenvalue weighted by Crippen LogP contribution is 2.25. The SMILES string of the molecule is CN(CCCCCCOC1CCN(S(=O)(=O)Nc2ccc(Cl)cc2)CC1)C1CC1. The molecule has 0 spiro atoms. The van der Waals surface area contributed by atoms with Crippen LogP contribution in [0.15, 0.2) is 24.3 Å². The van der Waals surface area contributed by atoms with E-state index < -0.39 is 10.2 Å². The molecule has 0 bridgehead atoms. The molecule has 1 aromatic carbocycles. The van der Waals surface area contributed by atoms with Crippen molar-refractivity contribution in [3.63, 3.8) is 0 Å². The lowest BCUT2D eigenvalue weighted by Gasteiger charge is -2.31. The van der Waals surface area contributed by atoms with Gasteiger partial charge in [-0.25, -0.2) is 0 Å². The van der Waals surface area contributed by atoms with Crippen LogP contribution in [0.25, 0.3) is 0 Å². The molecule has 0 amide bonds. The molecule has 1 aromatic rings. The Hall–Kier alpha value is -0.860. The third-order valence-corrected chi connectivity index (χ3v) is 7.55. The van der Waals surface area contributed by atoms with Gasteiger partial charge in [-0.15, -0.1) is 0 Å². The molecule has 164 valence electrons. The van der Waals surface area contributed by atoms with Crippen LogP contribution in [0.1, 0.15) is 51.4 Å². The molecule has 0 unspecified atom stereocenters. The largest absolute Gasteiger partial charge is 0.378 e. The number of nitrogens with zero attached hydrogens (tertiary/aromatic N) is 2. The minimum Gasteiger partial charge on any atom is -0.378 e. The highest BCUT2D eigenvalue weighted by molar-refractivity contribution is 7.90. The van der Waals surface area contributed by atoms with Gasteiger partial charge >= 0.3 is 10.2 Å². The van der Waals surface area contributed by atoms with Crippen LogP contribution >= 0.6 is 11.6 Å². The Kier molecular flexibility index (Phi) is 8.62. The fourth-order valence-corrected chi connectivity index (χ4v) is 5.12. The summed E-state index contributed by atoms with van der Waals surface area (Å²) in [7, 11) is -1.30. The molecule has 2 fully saturated rings. The number of anilines is 1. The second-order valence-electron chi connectivity index (χ2n) is 8.21. The molecule has 1 aliphatic carbocycles. The lowest BCUT2D eigenvalue weighted by atomic mass is 10.1. The summed E-state index contributed by atoms with van der Waals surface area (Å²) in [5, 5.41) is 0.580. The molecule has 0 aromatic heterocycles. The summed E-state index contributed by atoms with van der Waals surface area (Å²) in [6.07, 6.45) is 9.22. The van der Waals surface area contributed by atoms with Crippen molar-refractivity contribution < 1.29 is 13.2 Å². The zero-order valence-electron chi connectivity index (χ0n) is 17.4. The molecule has 3 rings (SSSR count). The van der Waals surface area contributed by atoms with Gasteiger partial charge in [0.05, 0.1) is 6.10 Å². The third kappa shape index (κ3) is 7.72. The number of ether oxygens (including phenoxy) is 1. The minimum absolute atomic E-state index is 0.165. The molecule has 1 aliphatic heterocycles. The van der Waals surface area contributed by atoms with Crippen molar-refractivity contribution in [1.82, 2.24) is 9.21 Å². The van der Waals surface area contributed by atoms with Crippen molar-refractivity contribution in [1.29, 1.82) is 0 Å². The standard InChI is InChI=1S/C21H34ClN3O3S/c1-24(20-10-11-20)14-4-2-3-5-17-28-21-12-15-25(16-13-21)29(26,27)23-19-8-6-18(22)7-9-19/h6-9,20-21,23H,2-5,10-17H2,1H3. The number of benzene rings is 1. The van der Waals surface area contributed by atoms with Crippen LogP contribution in [-0.2, 0) is 14.9 Å². The summed E-state index contributed by atoms with van der Waals surface area (Å²) >= 11 is 5.85. The van der Waals surface area contributed by atoms with Gasteiger partial charge in [-0.3, -0.25) is 4.72 Å². The molecule has 29 heavy (non-hydrogen) atoms. The molecular weight excluding hydrogens is 410 g/mol. The molecule has 2 aliphatic rings. The second-order valence-corrected chi connectivity index (χ2v) is 10.3. The first-order valence-corrected chi connectivity index (χ1v) is 12.6. The Morgan fingerprint density at radius 1 is 1.07 bits per heavy atom. The van der Waals surface area contributed by atoms with Gasteiger partial charge in [0.1, 0.15) is 0 Å². The van der Waals surface area contributed by atoms with E-state index in [4.69, 9.17) is 16.3 Å². The van der Waals surface area contributed by atoms with Crippen LogP contribution in [0.5, 0.6) is 0 Å². The average Bonchev–Trinajstić information content (AvgIpc) is 3.54. The molecule has 1 saturated carbocycles. The fourth-order valence-electron chi connectivity index (χ4n) is 3.74. The lowest BCUT2D eigenvalue weighted by Crippen LogP contribution is -2.43. The van der Waals surface area contributed by atoms with Crippen LogP contribution in [0.4, 0.5) is 5.69 Å². The van der Waals surface area contributed by atoms with Crippen molar-refractivity contribution in [3.8, 4) is 0 Å². The van der Waals surface area contributed by atoms with E-state index in [1.54, 1.807) is 24.3 Å².